The first-order valence-electron chi connectivity index (χ1n) is 10.9. The number of fused-ring (bicyclic) bond motifs is 5. The highest BCUT2D eigenvalue weighted by Gasteiger charge is 2.69. The second-order valence-corrected chi connectivity index (χ2v) is 10.3. The number of Topliss-reactive ketones (excluding diaryl/α,β-unsaturated/α-hetero) is 1. The fourth-order valence-corrected chi connectivity index (χ4v) is 7.44. The molecule has 0 heterocycles. The highest BCUT2D eigenvalue weighted by molar-refractivity contribution is 5.92. The summed E-state index contributed by atoms with van der Waals surface area (Å²) < 4.78 is 20.1. The molecule has 0 aliphatic heterocycles. The molecular formula is C23H31FO6. The van der Waals surface area contributed by atoms with Gasteiger partial charge in [-0.05, 0) is 66.9 Å². The molecule has 4 aliphatic rings. The fraction of sp³-hybridized carbons (Fsp3) is 0.783. The molecule has 30 heavy (non-hydrogen) atoms. The Kier molecular flexibility index (Phi) is 5.01. The summed E-state index contributed by atoms with van der Waals surface area (Å²) in [6, 6.07) is 0. The van der Waals surface area contributed by atoms with Crippen molar-refractivity contribution in [1.29, 1.82) is 0 Å². The van der Waals surface area contributed by atoms with Crippen molar-refractivity contribution in [2.24, 2.45) is 28.6 Å². The van der Waals surface area contributed by atoms with Gasteiger partial charge in [-0.15, -0.1) is 0 Å². The molecule has 0 spiro atoms. The van der Waals surface area contributed by atoms with Crippen LogP contribution in [0, 0.1) is 28.6 Å². The van der Waals surface area contributed by atoms with Gasteiger partial charge in [-0.1, -0.05) is 13.8 Å². The predicted octanol–water partition coefficient (Wildman–Crippen LogP) is 2.30. The zero-order valence-electron chi connectivity index (χ0n) is 17.8. The van der Waals surface area contributed by atoms with Crippen LogP contribution in [0.2, 0.25) is 0 Å². The number of esters is 1. The lowest BCUT2D eigenvalue weighted by molar-refractivity contribution is -0.186. The standard InChI is InChI=1S/C23H31FO6/c1-12(25)30-11-19(28)23(29)7-5-15-14-9-17(24)16-8-13(26)4-6-21(16,2)20(14)18(27)10-22(15,23)3/h8,14-15,17-18,20,27,29H,4-7,9-11H2,1-3H3/t14?,15?,17-,18+,20?,21-,22-,23-/m0/s1. The highest BCUT2D eigenvalue weighted by Crippen LogP contribution is 2.67. The van der Waals surface area contributed by atoms with Crippen molar-refractivity contribution in [2.75, 3.05) is 6.61 Å². The second-order valence-electron chi connectivity index (χ2n) is 10.3. The van der Waals surface area contributed by atoms with Crippen molar-refractivity contribution < 1.29 is 33.7 Å². The van der Waals surface area contributed by atoms with E-state index in [0.29, 0.717) is 24.8 Å². The topological polar surface area (TPSA) is 101 Å². The molecule has 3 unspecified atom stereocenters. The maximum Gasteiger partial charge on any atom is 0.303 e. The summed E-state index contributed by atoms with van der Waals surface area (Å²) in [7, 11) is 0. The van der Waals surface area contributed by atoms with Crippen LogP contribution in [0.15, 0.2) is 11.6 Å². The summed E-state index contributed by atoms with van der Waals surface area (Å²) >= 11 is 0. The maximum absolute atomic E-state index is 15.3. The monoisotopic (exact) mass is 422 g/mol. The van der Waals surface area contributed by atoms with Gasteiger partial charge in [-0.3, -0.25) is 14.4 Å². The SMILES string of the molecule is CC(=O)OCC(=O)[C@@]1(O)CCC2C3C[C@H](F)C4=CC(=O)CC[C@]4(C)C3[C@H](O)C[C@@]21C. The summed E-state index contributed by atoms with van der Waals surface area (Å²) in [4.78, 5) is 35.9. The van der Waals surface area contributed by atoms with Crippen LogP contribution in [0.25, 0.3) is 0 Å². The van der Waals surface area contributed by atoms with Crippen LogP contribution < -0.4 is 0 Å². The van der Waals surface area contributed by atoms with Crippen molar-refractivity contribution in [3.8, 4) is 0 Å². The zero-order valence-corrected chi connectivity index (χ0v) is 17.8. The van der Waals surface area contributed by atoms with Crippen LogP contribution in [0.5, 0.6) is 0 Å². The number of aliphatic hydroxyl groups excluding tert-OH is 1. The van der Waals surface area contributed by atoms with Gasteiger partial charge in [-0.25, -0.2) is 4.39 Å². The first-order valence-corrected chi connectivity index (χ1v) is 10.9. The van der Waals surface area contributed by atoms with Crippen molar-refractivity contribution in [3.63, 3.8) is 0 Å². The van der Waals surface area contributed by atoms with Gasteiger partial charge in [-0.2, -0.15) is 0 Å². The van der Waals surface area contributed by atoms with E-state index in [4.69, 9.17) is 4.74 Å². The van der Waals surface area contributed by atoms with Crippen LogP contribution in [0.4, 0.5) is 4.39 Å². The van der Waals surface area contributed by atoms with Crippen LogP contribution >= 0.6 is 0 Å². The third kappa shape index (κ3) is 2.84. The van der Waals surface area contributed by atoms with E-state index in [9.17, 15) is 24.6 Å². The molecule has 0 amide bonds. The maximum atomic E-state index is 15.3. The average Bonchev–Trinajstić information content (AvgIpc) is 2.93. The average molecular weight is 422 g/mol. The Morgan fingerprint density at radius 3 is 2.67 bits per heavy atom. The quantitative estimate of drug-likeness (QED) is 0.677. The van der Waals surface area contributed by atoms with Gasteiger partial charge >= 0.3 is 5.97 Å². The first-order chi connectivity index (χ1) is 13.9. The molecule has 0 aromatic rings. The van der Waals surface area contributed by atoms with Gasteiger partial charge in [0.15, 0.2) is 12.4 Å². The molecule has 166 valence electrons. The minimum Gasteiger partial charge on any atom is -0.458 e. The molecular weight excluding hydrogens is 391 g/mol. The molecule has 0 saturated heterocycles. The lowest BCUT2D eigenvalue weighted by atomic mass is 9.45. The fourth-order valence-electron chi connectivity index (χ4n) is 7.44. The predicted molar refractivity (Wildman–Crippen MR) is 105 cm³/mol. The lowest BCUT2D eigenvalue weighted by Crippen LogP contribution is -2.63. The minimum atomic E-state index is -1.72. The molecule has 3 saturated carbocycles. The Bertz CT molecular complexity index is 823. The van der Waals surface area contributed by atoms with Crippen LogP contribution in [0.3, 0.4) is 0 Å². The molecule has 0 radical (unpaired) electrons. The van der Waals surface area contributed by atoms with Crippen molar-refractivity contribution >= 4 is 17.5 Å². The normalized spacial score (nSPS) is 47.6. The summed E-state index contributed by atoms with van der Waals surface area (Å²) in [5.41, 5.74) is -2.74. The number of ketones is 2. The first kappa shape index (κ1) is 21.6. The third-order valence-electron chi connectivity index (χ3n) is 8.89. The molecule has 0 bridgehead atoms. The summed E-state index contributed by atoms with van der Waals surface area (Å²) in [6.07, 6.45) is 1.37. The Morgan fingerprint density at radius 2 is 2.00 bits per heavy atom. The smallest absolute Gasteiger partial charge is 0.303 e. The zero-order chi connectivity index (χ0) is 22.1. The Balaban J connectivity index is 1.69. The number of ether oxygens (including phenoxy) is 1. The third-order valence-corrected chi connectivity index (χ3v) is 8.89. The van der Waals surface area contributed by atoms with E-state index >= 15 is 4.39 Å². The van der Waals surface area contributed by atoms with E-state index in [-0.39, 0.29) is 42.8 Å². The van der Waals surface area contributed by atoms with Gasteiger partial charge in [0.25, 0.3) is 0 Å². The Labute approximate surface area is 175 Å². The second kappa shape index (κ2) is 6.95. The van der Waals surface area contributed by atoms with Crippen LogP contribution in [0.1, 0.15) is 59.3 Å². The molecule has 2 N–H and O–H groups in total. The number of halogens is 1. The molecule has 7 heteroatoms. The van der Waals surface area contributed by atoms with E-state index in [2.05, 4.69) is 0 Å². The molecule has 8 atom stereocenters. The van der Waals surface area contributed by atoms with E-state index in [1.54, 1.807) is 6.92 Å². The number of carbonyl (C=O) groups excluding carboxylic acids is 3. The van der Waals surface area contributed by atoms with E-state index in [1.165, 1.54) is 13.0 Å². The molecule has 4 rings (SSSR count). The molecule has 6 nitrogen and oxygen atoms in total. The van der Waals surface area contributed by atoms with Crippen molar-refractivity contribution in [1.82, 2.24) is 0 Å². The van der Waals surface area contributed by atoms with Crippen molar-refractivity contribution in [2.45, 2.75) is 77.2 Å². The molecule has 4 aliphatic carbocycles. The van der Waals surface area contributed by atoms with Gasteiger partial charge in [0.2, 0.25) is 5.78 Å². The van der Waals surface area contributed by atoms with Gasteiger partial charge < -0.3 is 14.9 Å². The Hall–Kier alpha value is -1.60. The highest BCUT2D eigenvalue weighted by atomic mass is 19.1. The van der Waals surface area contributed by atoms with E-state index in [1.807, 2.05) is 6.92 Å². The lowest BCUT2D eigenvalue weighted by Gasteiger charge is -2.61. The number of aliphatic hydroxyl groups is 2. The van der Waals surface area contributed by atoms with Gasteiger partial charge in [0.05, 0.1) is 6.10 Å². The number of hydrogen-bond acceptors (Lipinski definition) is 6. The minimum absolute atomic E-state index is 0.0648. The number of rotatable bonds is 3. The van der Waals surface area contributed by atoms with Crippen molar-refractivity contribution in [3.05, 3.63) is 11.6 Å². The van der Waals surface area contributed by atoms with E-state index in [0.717, 1.165) is 0 Å². The summed E-state index contributed by atoms with van der Waals surface area (Å²) in [6.45, 7) is 4.46. The molecule has 0 aromatic carbocycles. The van der Waals surface area contributed by atoms with Gasteiger partial charge in [0.1, 0.15) is 11.8 Å². The van der Waals surface area contributed by atoms with Gasteiger partial charge in [0, 0.05) is 18.8 Å². The van der Waals surface area contributed by atoms with Crippen LogP contribution in [-0.4, -0.2) is 52.2 Å². The number of carbonyl (C=O) groups is 3. The van der Waals surface area contributed by atoms with E-state index < -0.39 is 47.1 Å². The number of hydrogen-bond donors (Lipinski definition) is 2. The molecule has 0 aromatic heterocycles. The number of allylic oxidation sites excluding steroid dienone is 1. The summed E-state index contributed by atoms with van der Waals surface area (Å²) in [5.74, 6) is -1.76. The summed E-state index contributed by atoms with van der Waals surface area (Å²) in [5, 5.41) is 22.7. The Morgan fingerprint density at radius 1 is 1.30 bits per heavy atom. The molecule has 3 fully saturated rings. The van der Waals surface area contributed by atoms with Crippen LogP contribution in [-0.2, 0) is 19.1 Å². The largest absolute Gasteiger partial charge is 0.458 e. The number of alkyl halides is 1.